The number of nitrogens with one attached hydrogen (secondary N) is 1. The average Bonchev–Trinajstić information content (AvgIpc) is 2.92. The van der Waals surface area contributed by atoms with Crippen molar-refractivity contribution in [3.05, 3.63) is 16.4 Å². The molecule has 2 fully saturated rings. The lowest BCUT2D eigenvalue weighted by Gasteiger charge is -2.35. The van der Waals surface area contributed by atoms with E-state index in [1.54, 1.807) is 0 Å². The van der Waals surface area contributed by atoms with Gasteiger partial charge in [0.05, 0.1) is 16.4 Å². The molecule has 112 valence electrons. The van der Waals surface area contributed by atoms with E-state index in [4.69, 9.17) is 11.6 Å². The molecule has 3 heterocycles. The van der Waals surface area contributed by atoms with Crippen LogP contribution < -0.4 is 5.32 Å². The summed E-state index contributed by atoms with van der Waals surface area (Å²) in [7, 11) is 2.23. The summed E-state index contributed by atoms with van der Waals surface area (Å²) in [6.07, 6.45) is 5.23. The van der Waals surface area contributed by atoms with Crippen LogP contribution >= 0.6 is 11.6 Å². The fraction of sp³-hybridized carbons (Fsp3) is 0.800. The summed E-state index contributed by atoms with van der Waals surface area (Å²) in [5, 5.41) is 9.06. The number of rotatable bonds is 4. The maximum atomic E-state index is 6.42. The zero-order valence-corrected chi connectivity index (χ0v) is 13.5. The predicted octanol–water partition coefficient (Wildman–Crippen LogP) is 2.58. The van der Waals surface area contributed by atoms with Crippen LogP contribution in [-0.2, 0) is 13.1 Å². The maximum absolute atomic E-state index is 6.42. The number of hydrogen-bond donors (Lipinski definition) is 1. The van der Waals surface area contributed by atoms with Gasteiger partial charge in [-0.3, -0.25) is 9.58 Å². The first-order valence-corrected chi connectivity index (χ1v) is 8.14. The van der Waals surface area contributed by atoms with Gasteiger partial charge >= 0.3 is 0 Å². The first-order valence-electron chi connectivity index (χ1n) is 7.76. The highest BCUT2D eigenvalue weighted by atomic mass is 35.5. The van der Waals surface area contributed by atoms with Crippen molar-refractivity contribution in [2.45, 2.75) is 70.7 Å². The van der Waals surface area contributed by atoms with E-state index in [0.717, 1.165) is 35.9 Å². The Balaban J connectivity index is 1.71. The van der Waals surface area contributed by atoms with E-state index in [0.29, 0.717) is 6.04 Å². The lowest BCUT2D eigenvalue weighted by molar-refractivity contribution is 0.162. The predicted molar refractivity (Wildman–Crippen MR) is 82.1 cm³/mol. The normalized spacial score (nSPS) is 29.4. The lowest BCUT2D eigenvalue weighted by Crippen LogP contribution is -2.46. The van der Waals surface area contributed by atoms with E-state index in [-0.39, 0.29) is 0 Å². The number of hydrogen-bond acceptors (Lipinski definition) is 3. The first kappa shape index (κ1) is 14.4. The second kappa shape index (κ2) is 5.66. The second-order valence-corrected chi connectivity index (χ2v) is 6.72. The average molecular weight is 297 g/mol. The van der Waals surface area contributed by atoms with Crippen LogP contribution in [-0.4, -0.2) is 39.9 Å². The smallest absolute Gasteiger partial charge is 0.0860 e. The van der Waals surface area contributed by atoms with Crippen LogP contribution in [0.15, 0.2) is 0 Å². The fourth-order valence-corrected chi connectivity index (χ4v) is 3.97. The van der Waals surface area contributed by atoms with Gasteiger partial charge in [-0.15, -0.1) is 0 Å². The van der Waals surface area contributed by atoms with Crippen molar-refractivity contribution in [1.82, 2.24) is 20.0 Å². The highest BCUT2D eigenvalue weighted by Crippen LogP contribution is 2.30. The highest BCUT2D eigenvalue weighted by Gasteiger charge is 2.35. The molecule has 0 radical (unpaired) electrons. The van der Waals surface area contributed by atoms with Gasteiger partial charge in [-0.05, 0) is 46.6 Å². The van der Waals surface area contributed by atoms with Crippen molar-refractivity contribution in [2.75, 3.05) is 7.05 Å². The van der Waals surface area contributed by atoms with Crippen molar-refractivity contribution in [3.8, 4) is 0 Å². The summed E-state index contributed by atoms with van der Waals surface area (Å²) in [5.74, 6) is 0. The number of nitrogens with zero attached hydrogens (tertiary/aromatic N) is 3. The van der Waals surface area contributed by atoms with Crippen molar-refractivity contribution in [1.29, 1.82) is 0 Å². The van der Waals surface area contributed by atoms with Gasteiger partial charge in [0.25, 0.3) is 0 Å². The Labute approximate surface area is 126 Å². The quantitative estimate of drug-likeness (QED) is 0.927. The SMILES string of the molecule is CCn1nc(C)c(Cl)c1CN(C)C1CC2CCC(C1)N2. The minimum absolute atomic E-state index is 0.672. The van der Waals surface area contributed by atoms with Crippen molar-refractivity contribution < 1.29 is 0 Å². The van der Waals surface area contributed by atoms with E-state index in [1.165, 1.54) is 31.4 Å². The number of piperidine rings is 1. The second-order valence-electron chi connectivity index (χ2n) is 6.34. The van der Waals surface area contributed by atoms with Gasteiger partial charge in [0.15, 0.2) is 0 Å². The summed E-state index contributed by atoms with van der Waals surface area (Å²) in [4.78, 5) is 2.47. The lowest BCUT2D eigenvalue weighted by atomic mass is 9.98. The molecule has 1 aromatic heterocycles. The Morgan fingerprint density at radius 3 is 2.60 bits per heavy atom. The fourth-order valence-electron chi connectivity index (χ4n) is 3.77. The van der Waals surface area contributed by atoms with Crippen LogP contribution in [0.5, 0.6) is 0 Å². The van der Waals surface area contributed by atoms with Gasteiger partial charge in [-0.1, -0.05) is 11.6 Å². The largest absolute Gasteiger partial charge is 0.311 e. The molecule has 0 saturated carbocycles. The molecule has 3 rings (SSSR count). The third-order valence-corrected chi connectivity index (χ3v) is 5.42. The van der Waals surface area contributed by atoms with Crippen LogP contribution in [0.3, 0.4) is 0 Å². The summed E-state index contributed by atoms with van der Waals surface area (Å²) < 4.78 is 2.05. The molecule has 20 heavy (non-hydrogen) atoms. The summed E-state index contributed by atoms with van der Waals surface area (Å²) in [6.45, 7) is 5.89. The van der Waals surface area contributed by atoms with Gasteiger partial charge in [0.1, 0.15) is 0 Å². The zero-order valence-electron chi connectivity index (χ0n) is 12.7. The highest BCUT2D eigenvalue weighted by molar-refractivity contribution is 6.31. The number of halogens is 1. The molecule has 0 amide bonds. The standard InChI is InChI=1S/C15H25ClN4/c1-4-20-14(15(16)10(2)18-20)9-19(3)13-7-11-5-6-12(8-13)17-11/h11-13,17H,4-9H2,1-3H3. The van der Waals surface area contributed by atoms with Crippen LogP contribution in [0.1, 0.15) is 44.0 Å². The molecule has 2 saturated heterocycles. The molecule has 2 atom stereocenters. The molecular formula is C15H25ClN4. The Kier molecular flexibility index (Phi) is 4.07. The van der Waals surface area contributed by atoms with E-state index < -0.39 is 0 Å². The molecule has 2 aliphatic rings. The minimum atomic E-state index is 0.672. The van der Waals surface area contributed by atoms with Crippen LogP contribution in [0.2, 0.25) is 5.02 Å². The first-order chi connectivity index (χ1) is 9.58. The molecule has 2 bridgehead atoms. The van der Waals surface area contributed by atoms with Crippen LogP contribution in [0.4, 0.5) is 0 Å². The summed E-state index contributed by atoms with van der Waals surface area (Å²) in [6, 6.07) is 2.13. The number of aryl methyl sites for hydroxylation is 2. The molecule has 5 heteroatoms. The Morgan fingerprint density at radius 1 is 1.35 bits per heavy atom. The van der Waals surface area contributed by atoms with Crippen LogP contribution in [0, 0.1) is 6.92 Å². The summed E-state index contributed by atoms with van der Waals surface area (Å²) >= 11 is 6.42. The molecule has 2 aliphatic heterocycles. The molecule has 1 N–H and O–H groups in total. The third kappa shape index (κ3) is 2.61. The van der Waals surface area contributed by atoms with Gasteiger partial charge < -0.3 is 5.32 Å². The molecule has 1 aromatic rings. The zero-order chi connectivity index (χ0) is 14.3. The number of aromatic nitrogens is 2. The van der Waals surface area contributed by atoms with Crippen LogP contribution in [0.25, 0.3) is 0 Å². The molecular weight excluding hydrogens is 272 g/mol. The van der Waals surface area contributed by atoms with Gasteiger partial charge in [0, 0.05) is 31.2 Å². The van der Waals surface area contributed by atoms with Crippen molar-refractivity contribution in [3.63, 3.8) is 0 Å². The molecule has 2 unspecified atom stereocenters. The monoisotopic (exact) mass is 296 g/mol. The molecule has 4 nitrogen and oxygen atoms in total. The Hall–Kier alpha value is -0.580. The minimum Gasteiger partial charge on any atom is -0.311 e. The van der Waals surface area contributed by atoms with E-state index in [1.807, 2.05) is 11.6 Å². The Bertz CT molecular complexity index is 472. The third-order valence-electron chi connectivity index (χ3n) is 4.92. The molecule has 0 aliphatic carbocycles. The molecule has 0 spiro atoms. The van der Waals surface area contributed by atoms with E-state index in [9.17, 15) is 0 Å². The van der Waals surface area contributed by atoms with E-state index in [2.05, 4.69) is 29.3 Å². The van der Waals surface area contributed by atoms with Gasteiger partial charge in [-0.25, -0.2) is 0 Å². The van der Waals surface area contributed by atoms with Crippen molar-refractivity contribution >= 4 is 11.6 Å². The topological polar surface area (TPSA) is 33.1 Å². The van der Waals surface area contributed by atoms with Crippen molar-refractivity contribution in [2.24, 2.45) is 0 Å². The van der Waals surface area contributed by atoms with Gasteiger partial charge in [-0.2, -0.15) is 5.10 Å². The van der Waals surface area contributed by atoms with E-state index >= 15 is 0 Å². The maximum Gasteiger partial charge on any atom is 0.0860 e. The molecule has 0 aromatic carbocycles. The number of fused-ring (bicyclic) bond motifs is 2. The Morgan fingerprint density at radius 2 is 2.00 bits per heavy atom. The van der Waals surface area contributed by atoms with Gasteiger partial charge in [0.2, 0.25) is 0 Å². The summed E-state index contributed by atoms with van der Waals surface area (Å²) in [5.41, 5.74) is 2.11.